The summed E-state index contributed by atoms with van der Waals surface area (Å²) in [6.07, 6.45) is 5.34. The van der Waals surface area contributed by atoms with E-state index in [9.17, 15) is 0 Å². The fourth-order valence-electron chi connectivity index (χ4n) is 3.28. The van der Waals surface area contributed by atoms with Crippen molar-refractivity contribution < 1.29 is 4.74 Å². The second-order valence-corrected chi connectivity index (χ2v) is 9.08. The Kier molecular flexibility index (Phi) is 4.24. The molecule has 1 nitrogen and oxygen atoms in total. The third kappa shape index (κ3) is 2.87. The number of hydrogen-bond donors (Lipinski definition) is 0. The van der Waals surface area contributed by atoms with Gasteiger partial charge in [-0.1, -0.05) is 19.1 Å². The van der Waals surface area contributed by atoms with Crippen molar-refractivity contribution in [2.45, 2.75) is 44.8 Å². The Morgan fingerprint density at radius 2 is 2.16 bits per heavy atom. The van der Waals surface area contributed by atoms with Gasteiger partial charge in [0.05, 0.1) is 16.0 Å². The SMILES string of the molecule is C=C1C[C@H](c2cc(Br)c(Br)s2)O[C@@H]2C[C@H](C)CC[C@@H]12. The fraction of sp³-hybridized carbons (Fsp3) is 0.600. The van der Waals surface area contributed by atoms with Crippen molar-refractivity contribution in [3.8, 4) is 0 Å². The highest BCUT2D eigenvalue weighted by molar-refractivity contribution is 9.13. The number of hydrogen-bond acceptors (Lipinski definition) is 2. The van der Waals surface area contributed by atoms with Gasteiger partial charge < -0.3 is 4.74 Å². The molecule has 0 radical (unpaired) electrons. The molecule has 1 aromatic rings. The lowest BCUT2D eigenvalue weighted by atomic mass is 9.74. The van der Waals surface area contributed by atoms with E-state index in [1.54, 1.807) is 11.3 Å². The molecular weight excluding hydrogens is 388 g/mol. The molecule has 1 saturated heterocycles. The smallest absolute Gasteiger partial charge is 0.0958 e. The predicted molar refractivity (Wildman–Crippen MR) is 87.6 cm³/mol. The average Bonchev–Trinajstić information content (AvgIpc) is 2.69. The fourth-order valence-corrected chi connectivity index (χ4v) is 5.41. The molecule has 1 aromatic heterocycles. The van der Waals surface area contributed by atoms with Crippen LogP contribution in [-0.2, 0) is 4.74 Å². The third-order valence-corrected chi connectivity index (χ3v) is 7.69. The molecule has 4 heteroatoms. The van der Waals surface area contributed by atoms with Gasteiger partial charge in [-0.05, 0) is 69.5 Å². The van der Waals surface area contributed by atoms with Crippen molar-refractivity contribution in [3.63, 3.8) is 0 Å². The Bertz CT molecular complexity index is 477. The summed E-state index contributed by atoms with van der Waals surface area (Å²) in [5, 5.41) is 0. The normalized spacial score (nSPS) is 35.2. The minimum absolute atomic E-state index is 0.201. The minimum Gasteiger partial charge on any atom is -0.368 e. The van der Waals surface area contributed by atoms with E-state index in [-0.39, 0.29) is 6.10 Å². The van der Waals surface area contributed by atoms with Gasteiger partial charge in [0, 0.05) is 15.3 Å². The van der Waals surface area contributed by atoms with Crippen LogP contribution in [-0.4, -0.2) is 6.10 Å². The number of rotatable bonds is 1. The number of halogens is 2. The molecule has 4 atom stereocenters. The largest absolute Gasteiger partial charge is 0.368 e. The van der Waals surface area contributed by atoms with Crippen LogP contribution in [0.1, 0.15) is 43.6 Å². The molecule has 104 valence electrons. The molecule has 19 heavy (non-hydrogen) atoms. The first kappa shape index (κ1) is 14.3. The Morgan fingerprint density at radius 1 is 1.37 bits per heavy atom. The van der Waals surface area contributed by atoms with Crippen LogP contribution in [0, 0.1) is 11.8 Å². The van der Waals surface area contributed by atoms with Crippen LogP contribution in [0.25, 0.3) is 0 Å². The molecule has 0 bridgehead atoms. The monoisotopic (exact) mass is 404 g/mol. The van der Waals surface area contributed by atoms with Gasteiger partial charge in [-0.2, -0.15) is 0 Å². The Labute approximate surface area is 135 Å². The molecule has 2 fully saturated rings. The summed E-state index contributed by atoms with van der Waals surface area (Å²) in [6.45, 7) is 6.67. The standard InChI is InChI=1S/C15H18Br2OS/c1-8-3-4-10-9(2)6-13(18-12(10)5-8)14-7-11(16)15(17)19-14/h7-8,10,12-13H,2-6H2,1H3/t8-,10+,12-,13-/m1/s1. The van der Waals surface area contributed by atoms with E-state index < -0.39 is 0 Å². The molecular formula is C15H18Br2OS. The van der Waals surface area contributed by atoms with Gasteiger partial charge >= 0.3 is 0 Å². The van der Waals surface area contributed by atoms with Crippen molar-refractivity contribution in [1.29, 1.82) is 0 Å². The zero-order valence-corrected chi connectivity index (χ0v) is 15.0. The van der Waals surface area contributed by atoms with E-state index in [1.807, 2.05) is 0 Å². The maximum atomic E-state index is 6.39. The molecule has 1 aliphatic carbocycles. The quantitative estimate of drug-likeness (QED) is 0.513. The molecule has 2 aliphatic rings. The predicted octanol–water partition coefficient (Wildman–Crippen LogP) is 6.10. The van der Waals surface area contributed by atoms with Gasteiger partial charge in [0.2, 0.25) is 0 Å². The summed E-state index contributed by atoms with van der Waals surface area (Å²) in [5.41, 5.74) is 1.40. The van der Waals surface area contributed by atoms with E-state index >= 15 is 0 Å². The summed E-state index contributed by atoms with van der Waals surface area (Å²) in [5.74, 6) is 1.38. The van der Waals surface area contributed by atoms with Crippen molar-refractivity contribution in [2.24, 2.45) is 11.8 Å². The third-order valence-electron chi connectivity index (χ3n) is 4.35. The maximum Gasteiger partial charge on any atom is 0.0958 e. The average molecular weight is 406 g/mol. The second kappa shape index (κ2) is 5.63. The van der Waals surface area contributed by atoms with E-state index in [0.717, 1.165) is 20.6 Å². The summed E-state index contributed by atoms with van der Waals surface area (Å²) < 4.78 is 8.67. The van der Waals surface area contributed by atoms with Crippen molar-refractivity contribution >= 4 is 43.2 Å². The molecule has 0 amide bonds. The van der Waals surface area contributed by atoms with Crippen LogP contribution in [0.15, 0.2) is 26.5 Å². The molecule has 0 N–H and O–H groups in total. The Morgan fingerprint density at radius 3 is 2.84 bits per heavy atom. The Balaban J connectivity index is 1.80. The van der Waals surface area contributed by atoms with E-state index in [2.05, 4.69) is 51.4 Å². The minimum atomic E-state index is 0.201. The van der Waals surface area contributed by atoms with Crippen molar-refractivity contribution in [2.75, 3.05) is 0 Å². The molecule has 1 aliphatic heterocycles. The highest BCUT2D eigenvalue weighted by Gasteiger charge is 2.38. The Hall–Kier alpha value is 0.360. The molecule has 2 heterocycles. The first-order valence-electron chi connectivity index (χ1n) is 6.82. The van der Waals surface area contributed by atoms with Crippen molar-refractivity contribution in [1.82, 2.24) is 0 Å². The zero-order valence-electron chi connectivity index (χ0n) is 11.0. The van der Waals surface area contributed by atoms with Gasteiger partial charge in [0.25, 0.3) is 0 Å². The summed E-state index contributed by atoms with van der Waals surface area (Å²) in [7, 11) is 0. The van der Waals surface area contributed by atoms with Crippen LogP contribution in [0.5, 0.6) is 0 Å². The van der Waals surface area contributed by atoms with Gasteiger partial charge in [0.15, 0.2) is 0 Å². The topological polar surface area (TPSA) is 9.23 Å². The van der Waals surface area contributed by atoms with Gasteiger partial charge in [-0.3, -0.25) is 0 Å². The lowest BCUT2D eigenvalue weighted by Gasteiger charge is -2.42. The van der Waals surface area contributed by atoms with Crippen LogP contribution in [0.2, 0.25) is 0 Å². The lowest BCUT2D eigenvalue weighted by Crippen LogP contribution is -2.37. The van der Waals surface area contributed by atoms with E-state index in [1.165, 1.54) is 29.7 Å². The van der Waals surface area contributed by atoms with Gasteiger partial charge in [-0.15, -0.1) is 11.3 Å². The van der Waals surface area contributed by atoms with Crippen LogP contribution < -0.4 is 0 Å². The number of fused-ring (bicyclic) bond motifs is 1. The highest BCUT2D eigenvalue weighted by Crippen LogP contribution is 2.47. The maximum absolute atomic E-state index is 6.39. The van der Waals surface area contributed by atoms with Gasteiger partial charge in [-0.25, -0.2) is 0 Å². The number of ether oxygens (including phenoxy) is 1. The van der Waals surface area contributed by atoms with E-state index in [0.29, 0.717) is 12.0 Å². The van der Waals surface area contributed by atoms with E-state index in [4.69, 9.17) is 4.74 Å². The van der Waals surface area contributed by atoms with Crippen molar-refractivity contribution in [3.05, 3.63) is 31.4 Å². The van der Waals surface area contributed by atoms with Crippen LogP contribution in [0.3, 0.4) is 0 Å². The summed E-state index contributed by atoms with van der Waals surface area (Å²) in [4.78, 5) is 1.30. The molecule has 0 unspecified atom stereocenters. The molecule has 0 aromatic carbocycles. The number of thiophene rings is 1. The highest BCUT2D eigenvalue weighted by atomic mass is 79.9. The summed E-state index contributed by atoms with van der Waals surface area (Å²) >= 11 is 8.90. The first-order chi connectivity index (χ1) is 9.04. The summed E-state index contributed by atoms with van der Waals surface area (Å²) in [6, 6.07) is 2.18. The van der Waals surface area contributed by atoms with Crippen LogP contribution in [0.4, 0.5) is 0 Å². The first-order valence-corrected chi connectivity index (χ1v) is 9.22. The van der Waals surface area contributed by atoms with Gasteiger partial charge in [0.1, 0.15) is 0 Å². The second-order valence-electron chi connectivity index (χ2n) is 5.82. The lowest BCUT2D eigenvalue weighted by molar-refractivity contribution is -0.0843. The zero-order chi connectivity index (χ0) is 13.6. The molecule has 0 spiro atoms. The molecule has 3 rings (SSSR count). The molecule has 1 saturated carbocycles. The van der Waals surface area contributed by atoms with Crippen LogP contribution >= 0.6 is 43.2 Å².